The number of urea groups is 1. The lowest BCUT2D eigenvalue weighted by Crippen LogP contribution is -2.51. The van der Waals surface area contributed by atoms with E-state index in [9.17, 15) is 24.3 Å². The first-order valence-electron chi connectivity index (χ1n) is 13.0. The van der Waals surface area contributed by atoms with Crippen LogP contribution in [-0.4, -0.2) is 104 Å². The number of nitrogens with one attached hydrogen (secondary N) is 2. The molecule has 0 aromatic carbocycles. The van der Waals surface area contributed by atoms with Gasteiger partial charge in [0.15, 0.2) is 0 Å². The Morgan fingerprint density at radius 1 is 0.925 bits per heavy atom. The van der Waals surface area contributed by atoms with E-state index < -0.39 is 53.6 Å². The summed E-state index contributed by atoms with van der Waals surface area (Å²) in [6, 6.07) is -3.70. The summed E-state index contributed by atoms with van der Waals surface area (Å²) in [4.78, 5) is 45.6. The number of rotatable bonds is 21. The highest BCUT2D eigenvalue weighted by Gasteiger charge is 2.27. The Labute approximate surface area is 233 Å². The molecule has 1 aromatic rings. The number of nitrogens with zero attached hydrogens (tertiary/aromatic N) is 3. The van der Waals surface area contributed by atoms with Crippen LogP contribution in [0.15, 0.2) is 6.20 Å². The third-order valence-corrected chi connectivity index (χ3v) is 5.77. The van der Waals surface area contributed by atoms with Crippen LogP contribution in [0.25, 0.3) is 0 Å². The van der Waals surface area contributed by atoms with Gasteiger partial charge in [-0.15, -0.1) is 5.10 Å². The number of carboxylic acids is 3. The number of aryl methyl sites for hydroxylation is 1. The Balaban J connectivity index is 2.49. The van der Waals surface area contributed by atoms with Crippen molar-refractivity contribution in [1.29, 1.82) is 0 Å². The van der Waals surface area contributed by atoms with E-state index in [0.717, 1.165) is 5.69 Å². The first-order chi connectivity index (χ1) is 18.6. The molecule has 15 nitrogen and oxygen atoms in total. The van der Waals surface area contributed by atoms with Crippen molar-refractivity contribution in [2.24, 2.45) is 0 Å². The lowest BCUT2D eigenvalue weighted by molar-refractivity contribution is -0.140. The number of hydrogen-bond acceptors (Lipinski definition) is 9. The third-order valence-electron chi connectivity index (χ3n) is 5.77. The minimum Gasteiger partial charge on any atom is -0.481 e. The van der Waals surface area contributed by atoms with Crippen molar-refractivity contribution in [3.63, 3.8) is 0 Å². The van der Waals surface area contributed by atoms with E-state index in [0.29, 0.717) is 45.6 Å². The summed E-state index contributed by atoms with van der Waals surface area (Å²) >= 11 is 0. The zero-order valence-electron chi connectivity index (χ0n) is 23.8. The van der Waals surface area contributed by atoms with Gasteiger partial charge in [-0.05, 0) is 53.4 Å². The average Bonchev–Trinajstić information content (AvgIpc) is 3.28. The van der Waals surface area contributed by atoms with Crippen LogP contribution in [0, 0.1) is 0 Å². The number of carbonyl (C=O) groups is 4. The molecule has 2 amide bonds. The molecule has 2 atom stereocenters. The topological polar surface area (TPSA) is 211 Å². The normalized spacial score (nSPS) is 13.4. The quantitative estimate of drug-likeness (QED) is 0.132. The van der Waals surface area contributed by atoms with Crippen molar-refractivity contribution < 1.29 is 48.7 Å². The van der Waals surface area contributed by atoms with E-state index >= 15 is 0 Å². The van der Waals surface area contributed by atoms with Crippen LogP contribution in [0.2, 0.25) is 0 Å². The molecule has 0 aliphatic rings. The van der Waals surface area contributed by atoms with Crippen molar-refractivity contribution in [3.8, 4) is 0 Å². The van der Waals surface area contributed by atoms with Crippen LogP contribution in [0.4, 0.5) is 4.79 Å². The number of carboxylic acid groups (broad SMARTS) is 3. The maximum Gasteiger partial charge on any atom is 0.326 e. The predicted octanol–water partition coefficient (Wildman–Crippen LogP) is 1.30. The Hall–Kier alpha value is -3.30. The molecule has 5 N–H and O–H groups in total. The Bertz CT molecular complexity index is 966. The van der Waals surface area contributed by atoms with Gasteiger partial charge < -0.3 is 40.2 Å². The SMILES string of the molecule is COCCOC(C)(C)COC(C)(C)Cc1cn(CCCC[C@H](NC(=O)N[C@@H](CCC(=O)O)C(=O)O)C(=O)O)nn1. The fourth-order valence-electron chi connectivity index (χ4n) is 3.59. The summed E-state index contributed by atoms with van der Waals surface area (Å²) < 4.78 is 18.5. The molecule has 0 saturated carbocycles. The van der Waals surface area contributed by atoms with Crippen molar-refractivity contribution in [2.75, 3.05) is 26.9 Å². The van der Waals surface area contributed by atoms with Crippen molar-refractivity contribution in [1.82, 2.24) is 25.6 Å². The van der Waals surface area contributed by atoms with Gasteiger partial charge in [-0.3, -0.25) is 9.48 Å². The number of amides is 2. The fraction of sp³-hybridized carbons (Fsp3) is 0.760. The fourth-order valence-corrected chi connectivity index (χ4v) is 3.59. The van der Waals surface area contributed by atoms with Crippen LogP contribution < -0.4 is 10.6 Å². The zero-order chi connectivity index (χ0) is 30.3. The number of aliphatic carboxylic acids is 3. The Morgan fingerprint density at radius 3 is 2.12 bits per heavy atom. The predicted molar refractivity (Wildman–Crippen MR) is 141 cm³/mol. The van der Waals surface area contributed by atoms with E-state index in [4.69, 9.17) is 24.4 Å². The summed E-state index contributed by atoms with van der Waals surface area (Å²) in [6.07, 6.45) is 2.61. The molecule has 40 heavy (non-hydrogen) atoms. The molecule has 0 aliphatic heterocycles. The van der Waals surface area contributed by atoms with E-state index in [-0.39, 0.29) is 12.8 Å². The molecule has 1 aromatic heterocycles. The maximum atomic E-state index is 12.1. The second kappa shape index (κ2) is 16.7. The lowest BCUT2D eigenvalue weighted by atomic mass is 10.0. The van der Waals surface area contributed by atoms with E-state index in [2.05, 4.69) is 20.9 Å². The summed E-state index contributed by atoms with van der Waals surface area (Å²) in [5, 5.41) is 39.9. The minimum absolute atomic E-state index is 0.0975. The largest absolute Gasteiger partial charge is 0.481 e. The highest BCUT2D eigenvalue weighted by Crippen LogP contribution is 2.20. The van der Waals surface area contributed by atoms with E-state index in [1.165, 1.54) is 0 Å². The van der Waals surface area contributed by atoms with Gasteiger partial charge in [-0.1, -0.05) is 5.21 Å². The van der Waals surface area contributed by atoms with Crippen molar-refractivity contribution in [3.05, 3.63) is 11.9 Å². The monoisotopic (exact) mass is 573 g/mol. The molecule has 0 aliphatic carbocycles. The first kappa shape index (κ1) is 34.7. The number of aromatic nitrogens is 3. The molecular formula is C25H43N5O10. The molecule has 1 heterocycles. The molecule has 15 heteroatoms. The van der Waals surface area contributed by atoms with Gasteiger partial charge in [0.05, 0.1) is 36.7 Å². The highest BCUT2D eigenvalue weighted by molar-refractivity contribution is 5.86. The molecule has 228 valence electrons. The van der Waals surface area contributed by atoms with Gasteiger partial charge in [0.1, 0.15) is 12.1 Å². The van der Waals surface area contributed by atoms with Gasteiger partial charge >= 0.3 is 23.9 Å². The number of unbranched alkanes of at least 4 members (excludes halogenated alkanes) is 1. The van der Waals surface area contributed by atoms with Crippen molar-refractivity contribution >= 4 is 23.9 Å². The number of methoxy groups -OCH3 is 1. The van der Waals surface area contributed by atoms with Crippen LogP contribution >= 0.6 is 0 Å². The smallest absolute Gasteiger partial charge is 0.326 e. The number of carbonyl (C=O) groups excluding carboxylic acids is 1. The summed E-state index contributed by atoms with van der Waals surface area (Å²) in [5.74, 6) is -3.90. The van der Waals surface area contributed by atoms with E-state index in [1.54, 1.807) is 18.0 Å². The first-order valence-corrected chi connectivity index (χ1v) is 13.0. The molecule has 0 radical (unpaired) electrons. The molecule has 0 unspecified atom stereocenters. The summed E-state index contributed by atoms with van der Waals surface area (Å²) in [7, 11) is 1.61. The van der Waals surface area contributed by atoms with Crippen LogP contribution in [0.5, 0.6) is 0 Å². The highest BCUT2D eigenvalue weighted by atomic mass is 16.6. The lowest BCUT2D eigenvalue weighted by Gasteiger charge is -2.31. The van der Waals surface area contributed by atoms with Crippen LogP contribution in [0.3, 0.4) is 0 Å². The average molecular weight is 574 g/mol. The molecule has 1 rings (SSSR count). The minimum atomic E-state index is -1.46. The zero-order valence-corrected chi connectivity index (χ0v) is 23.8. The summed E-state index contributed by atoms with van der Waals surface area (Å²) in [5.41, 5.74) is -0.257. The Kier molecular flexibility index (Phi) is 14.5. The third kappa shape index (κ3) is 14.7. The van der Waals surface area contributed by atoms with Gasteiger partial charge in [0, 0.05) is 32.7 Å². The molecule has 0 fully saturated rings. The summed E-state index contributed by atoms with van der Waals surface area (Å²) in [6.45, 7) is 9.63. The molecular weight excluding hydrogens is 530 g/mol. The molecule has 0 spiro atoms. The van der Waals surface area contributed by atoms with Gasteiger partial charge in [-0.25, -0.2) is 14.4 Å². The second-order valence-electron chi connectivity index (χ2n) is 10.6. The molecule has 0 saturated heterocycles. The maximum absolute atomic E-state index is 12.1. The van der Waals surface area contributed by atoms with Gasteiger partial charge in [0.25, 0.3) is 0 Å². The number of ether oxygens (including phenoxy) is 3. The van der Waals surface area contributed by atoms with Gasteiger partial charge in [-0.2, -0.15) is 0 Å². The van der Waals surface area contributed by atoms with E-state index in [1.807, 2.05) is 27.7 Å². The van der Waals surface area contributed by atoms with Gasteiger partial charge in [0.2, 0.25) is 0 Å². The second-order valence-corrected chi connectivity index (χ2v) is 10.6. The standard InChI is InChI=1S/C25H43N5O10/c1-24(2,40-16-25(3,4)39-13-12-38-5)14-17-15-30(29-28-17)11-7-6-8-18(21(33)34)26-23(37)27-19(22(35)36)9-10-20(31)32/h15,18-19H,6-14,16H2,1-5H3,(H,31,32)(H,33,34)(H,35,36)(H2,26,27,37)/t18-,19-/m0/s1. The van der Waals surface area contributed by atoms with Crippen molar-refractivity contribution in [2.45, 2.75) is 96.1 Å². The van der Waals surface area contributed by atoms with Crippen LogP contribution in [-0.2, 0) is 41.6 Å². The number of hydrogen-bond donors (Lipinski definition) is 5. The Morgan fingerprint density at radius 2 is 1.55 bits per heavy atom. The van der Waals surface area contributed by atoms with Crippen LogP contribution in [0.1, 0.15) is 65.5 Å². The molecule has 0 bridgehead atoms.